The number of benzene rings is 1. The van der Waals surface area contributed by atoms with E-state index in [9.17, 15) is 0 Å². The normalized spacial score (nSPS) is 16.1. The first-order valence-electron chi connectivity index (χ1n) is 6.65. The third-order valence-electron chi connectivity index (χ3n) is 3.56. The predicted molar refractivity (Wildman–Crippen MR) is 83.2 cm³/mol. The summed E-state index contributed by atoms with van der Waals surface area (Å²) in [5.41, 5.74) is 3.50. The van der Waals surface area contributed by atoms with Gasteiger partial charge in [0.2, 0.25) is 0 Å². The molecule has 3 rings (SSSR count). The maximum absolute atomic E-state index is 4.48. The minimum atomic E-state index is 0. The van der Waals surface area contributed by atoms with Crippen LogP contribution >= 0.6 is 12.4 Å². The number of fused-ring (bicyclic) bond motifs is 1. The summed E-state index contributed by atoms with van der Waals surface area (Å²) in [4.78, 5) is 4.48. The average Bonchev–Trinajstić information content (AvgIpc) is 2.41. The molecule has 0 spiro atoms. The van der Waals surface area contributed by atoms with E-state index < -0.39 is 0 Å². The molecule has 1 aliphatic heterocycles. The van der Waals surface area contributed by atoms with Gasteiger partial charge in [0.05, 0.1) is 5.52 Å². The molecule has 0 radical (unpaired) electrons. The SMILES string of the molecule is Cc1cnc2cccc(NC3CCNCC3)c2c1.Cl. The first kappa shape index (κ1) is 14.1. The van der Waals surface area contributed by atoms with E-state index in [1.807, 2.05) is 6.20 Å². The predicted octanol–water partition coefficient (Wildman–Crippen LogP) is 3.13. The molecule has 2 heterocycles. The van der Waals surface area contributed by atoms with Gasteiger partial charge in [-0.25, -0.2) is 0 Å². The highest BCUT2D eigenvalue weighted by molar-refractivity contribution is 5.91. The number of nitrogens with zero attached hydrogens (tertiary/aromatic N) is 1. The third-order valence-corrected chi connectivity index (χ3v) is 3.56. The Bertz CT molecular complexity index is 550. The molecule has 0 unspecified atom stereocenters. The van der Waals surface area contributed by atoms with E-state index in [1.54, 1.807) is 0 Å². The Hall–Kier alpha value is -1.32. The Labute approximate surface area is 120 Å². The number of rotatable bonds is 2. The zero-order valence-electron chi connectivity index (χ0n) is 11.1. The van der Waals surface area contributed by atoms with Crippen LogP contribution in [0.2, 0.25) is 0 Å². The van der Waals surface area contributed by atoms with E-state index in [4.69, 9.17) is 0 Å². The molecule has 0 aliphatic carbocycles. The van der Waals surface area contributed by atoms with Crippen LogP contribution in [0.4, 0.5) is 5.69 Å². The second kappa shape index (κ2) is 6.22. The molecule has 102 valence electrons. The Morgan fingerprint density at radius 1 is 1.26 bits per heavy atom. The summed E-state index contributed by atoms with van der Waals surface area (Å²) in [6, 6.07) is 9.10. The Balaban J connectivity index is 0.00000133. The van der Waals surface area contributed by atoms with Crippen LogP contribution < -0.4 is 10.6 Å². The monoisotopic (exact) mass is 277 g/mol. The van der Waals surface area contributed by atoms with E-state index in [1.165, 1.54) is 29.5 Å². The molecule has 1 fully saturated rings. The van der Waals surface area contributed by atoms with Crippen molar-refractivity contribution in [3.8, 4) is 0 Å². The number of anilines is 1. The number of aryl methyl sites for hydroxylation is 1. The highest BCUT2D eigenvalue weighted by atomic mass is 35.5. The van der Waals surface area contributed by atoms with E-state index >= 15 is 0 Å². The Kier molecular flexibility index (Phi) is 4.61. The van der Waals surface area contributed by atoms with Crippen LogP contribution in [0.15, 0.2) is 30.5 Å². The Morgan fingerprint density at radius 2 is 2.05 bits per heavy atom. The van der Waals surface area contributed by atoms with Gasteiger partial charge in [-0.3, -0.25) is 4.98 Å². The van der Waals surface area contributed by atoms with Crippen molar-refractivity contribution in [3.05, 3.63) is 36.0 Å². The third kappa shape index (κ3) is 3.17. The molecular weight excluding hydrogens is 258 g/mol. The largest absolute Gasteiger partial charge is 0.382 e. The minimum Gasteiger partial charge on any atom is -0.382 e. The highest BCUT2D eigenvalue weighted by Crippen LogP contribution is 2.24. The van der Waals surface area contributed by atoms with Gasteiger partial charge in [-0.1, -0.05) is 6.07 Å². The summed E-state index contributed by atoms with van der Waals surface area (Å²) in [7, 11) is 0. The molecule has 3 nitrogen and oxygen atoms in total. The minimum absolute atomic E-state index is 0. The molecule has 19 heavy (non-hydrogen) atoms. The van der Waals surface area contributed by atoms with Crippen molar-refractivity contribution < 1.29 is 0 Å². The van der Waals surface area contributed by atoms with Crippen LogP contribution in [-0.4, -0.2) is 24.1 Å². The molecule has 1 aromatic heterocycles. The van der Waals surface area contributed by atoms with Crippen LogP contribution in [0.1, 0.15) is 18.4 Å². The molecule has 4 heteroatoms. The molecule has 2 N–H and O–H groups in total. The fraction of sp³-hybridized carbons (Fsp3) is 0.400. The summed E-state index contributed by atoms with van der Waals surface area (Å²) < 4.78 is 0. The van der Waals surface area contributed by atoms with Crippen LogP contribution in [0, 0.1) is 6.92 Å². The standard InChI is InChI=1S/C15H19N3.ClH/c1-11-9-13-14(17-10-11)3-2-4-15(13)18-12-5-7-16-8-6-12;/h2-4,9-10,12,16,18H,5-8H2,1H3;1H. The smallest absolute Gasteiger partial charge is 0.0722 e. The molecule has 2 aromatic rings. The van der Waals surface area contributed by atoms with Gasteiger partial charge >= 0.3 is 0 Å². The maximum Gasteiger partial charge on any atom is 0.0722 e. The van der Waals surface area contributed by atoms with Crippen molar-refractivity contribution in [1.29, 1.82) is 0 Å². The second-order valence-electron chi connectivity index (χ2n) is 5.05. The van der Waals surface area contributed by atoms with Crippen molar-refractivity contribution in [2.75, 3.05) is 18.4 Å². The van der Waals surface area contributed by atoms with E-state index in [2.05, 4.69) is 46.8 Å². The molecule has 0 atom stereocenters. The van der Waals surface area contributed by atoms with Gasteiger partial charge < -0.3 is 10.6 Å². The topological polar surface area (TPSA) is 37.0 Å². The number of pyridine rings is 1. The number of piperidine rings is 1. The first-order valence-corrected chi connectivity index (χ1v) is 6.65. The summed E-state index contributed by atoms with van der Waals surface area (Å²) in [6.07, 6.45) is 4.31. The van der Waals surface area contributed by atoms with Crippen molar-refractivity contribution >= 4 is 29.0 Å². The fourth-order valence-electron chi connectivity index (χ4n) is 2.57. The summed E-state index contributed by atoms with van der Waals surface area (Å²) in [5.74, 6) is 0. The number of halogens is 1. The lowest BCUT2D eigenvalue weighted by molar-refractivity contribution is 0.479. The maximum atomic E-state index is 4.48. The molecule has 1 aromatic carbocycles. The van der Waals surface area contributed by atoms with E-state index in [0.717, 1.165) is 18.6 Å². The van der Waals surface area contributed by atoms with Gasteiger partial charge in [0, 0.05) is 23.3 Å². The van der Waals surface area contributed by atoms with Gasteiger partial charge in [-0.15, -0.1) is 12.4 Å². The molecule has 1 saturated heterocycles. The van der Waals surface area contributed by atoms with Crippen molar-refractivity contribution in [1.82, 2.24) is 10.3 Å². The zero-order valence-corrected chi connectivity index (χ0v) is 12.0. The lowest BCUT2D eigenvalue weighted by Crippen LogP contribution is -2.35. The van der Waals surface area contributed by atoms with Gasteiger partial charge in [-0.2, -0.15) is 0 Å². The van der Waals surface area contributed by atoms with Crippen molar-refractivity contribution in [2.24, 2.45) is 0 Å². The van der Waals surface area contributed by atoms with Crippen LogP contribution in [-0.2, 0) is 0 Å². The Morgan fingerprint density at radius 3 is 2.84 bits per heavy atom. The van der Waals surface area contributed by atoms with Crippen LogP contribution in [0.3, 0.4) is 0 Å². The van der Waals surface area contributed by atoms with Crippen LogP contribution in [0.5, 0.6) is 0 Å². The number of aromatic nitrogens is 1. The second-order valence-corrected chi connectivity index (χ2v) is 5.05. The lowest BCUT2D eigenvalue weighted by Gasteiger charge is -2.25. The highest BCUT2D eigenvalue weighted by Gasteiger charge is 2.13. The quantitative estimate of drug-likeness (QED) is 0.886. The van der Waals surface area contributed by atoms with E-state index in [0.29, 0.717) is 6.04 Å². The van der Waals surface area contributed by atoms with Crippen molar-refractivity contribution in [3.63, 3.8) is 0 Å². The van der Waals surface area contributed by atoms with Gasteiger partial charge in [0.25, 0.3) is 0 Å². The molecule has 0 bridgehead atoms. The average molecular weight is 278 g/mol. The van der Waals surface area contributed by atoms with Gasteiger partial charge in [-0.05, 0) is 56.6 Å². The first-order chi connectivity index (χ1) is 8.83. The summed E-state index contributed by atoms with van der Waals surface area (Å²) >= 11 is 0. The van der Waals surface area contributed by atoms with Crippen LogP contribution in [0.25, 0.3) is 10.9 Å². The van der Waals surface area contributed by atoms with Gasteiger partial charge in [0.15, 0.2) is 0 Å². The summed E-state index contributed by atoms with van der Waals surface area (Å²) in [5, 5.41) is 8.30. The number of nitrogens with one attached hydrogen (secondary N) is 2. The van der Waals surface area contributed by atoms with E-state index in [-0.39, 0.29) is 12.4 Å². The fourth-order valence-corrected chi connectivity index (χ4v) is 2.57. The molecule has 1 aliphatic rings. The zero-order chi connectivity index (χ0) is 12.4. The van der Waals surface area contributed by atoms with Crippen molar-refractivity contribution in [2.45, 2.75) is 25.8 Å². The van der Waals surface area contributed by atoms with Gasteiger partial charge in [0.1, 0.15) is 0 Å². The summed E-state index contributed by atoms with van der Waals surface area (Å²) in [6.45, 7) is 4.31. The molecule has 0 amide bonds. The number of hydrogen-bond donors (Lipinski definition) is 2. The lowest BCUT2D eigenvalue weighted by atomic mass is 10.0. The molecular formula is C15H20ClN3. The number of hydrogen-bond acceptors (Lipinski definition) is 3. The molecule has 0 saturated carbocycles.